The third-order valence-electron chi connectivity index (χ3n) is 4.55. The molecule has 0 atom stereocenters. The first-order valence-corrected chi connectivity index (χ1v) is 9.19. The number of nitrogens with zero attached hydrogens (tertiary/aromatic N) is 1. The molecule has 0 radical (unpaired) electrons. The Bertz CT molecular complexity index is 1040. The van der Waals surface area contributed by atoms with E-state index in [2.05, 4.69) is 28.8 Å². The number of aromatic nitrogens is 1. The molecule has 0 saturated heterocycles. The Balaban J connectivity index is 1.60. The lowest BCUT2D eigenvalue weighted by atomic mass is 10.2. The number of methoxy groups -OCH3 is 1. The highest BCUT2D eigenvalue weighted by molar-refractivity contribution is 6.30. The largest absolute Gasteiger partial charge is 0.489 e. The Kier molecular flexibility index (Phi) is 5.03. The highest BCUT2D eigenvalue weighted by Crippen LogP contribution is 2.30. The minimum absolute atomic E-state index is 0.551. The summed E-state index contributed by atoms with van der Waals surface area (Å²) in [5, 5.41) is 1.83. The summed E-state index contributed by atoms with van der Waals surface area (Å²) in [5.74, 6) is 1.66. The van der Waals surface area contributed by atoms with Crippen LogP contribution in [0.5, 0.6) is 11.6 Å². The van der Waals surface area contributed by atoms with Crippen LogP contribution in [-0.2, 0) is 13.2 Å². The van der Waals surface area contributed by atoms with Gasteiger partial charge in [-0.3, -0.25) is 0 Å². The van der Waals surface area contributed by atoms with Gasteiger partial charge in [0.15, 0.2) is 5.88 Å². The Labute approximate surface area is 163 Å². The lowest BCUT2D eigenvalue weighted by Gasteiger charge is -2.10. The molecule has 0 fully saturated rings. The lowest BCUT2D eigenvalue weighted by molar-refractivity contribution is 0.306. The number of rotatable bonds is 6. The van der Waals surface area contributed by atoms with E-state index in [4.69, 9.17) is 21.1 Å². The van der Waals surface area contributed by atoms with Crippen molar-refractivity contribution in [2.24, 2.45) is 0 Å². The van der Waals surface area contributed by atoms with Gasteiger partial charge >= 0.3 is 0 Å². The molecule has 3 aromatic carbocycles. The number of ether oxygens (including phenoxy) is 2. The quantitative estimate of drug-likeness (QED) is 0.415. The van der Waals surface area contributed by atoms with Gasteiger partial charge in [-0.15, -0.1) is 0 Å². The Morgan fingerprint density at radius 1 is 0.852 bits per heavy atom. The highest BCUT2D eigenvalue weighted by Gasteiger charge is 2.11. The number of benzene rings is 3. The van der Waals surface area contributed by atoms with E-state index in [9.17, 15) is 0 Å². The predicted octanol–water partition coefficient (Wildman–Crippen LogP) is 5.93. The summed E-state index contributed by atoms with van der Waals surface area (Å²) < 4.78 is 13.7. The zero-order chi connectivity index (χ0) is 18.6. The van der Waals surface area contributed by atoms with Crippen LogP contribution < -0.4 is 9.47 Å². The van der Waals surface area contributed by atoms with E-state index < -0.39 is 0 Å². The molecule has 3 nitrogen and oxygen atoms in total. The van der Waals surface area contributed by atoms with Crippen LogP contribution in [0.1, 0.15) is 11.1 Å². The van der Waals surface area contributed by atoms with E-state index in [0.29, 0.717) is 13.2 Å². The predicted molar refractivity (Wildman–Crippen MR) is 110 cm³/mol. The van der Waals surface area contributed by atoms with Crippen LogP contribution in [0.3, 0.4) is 0 Å². The van der Waals surface area contributed by atoms with Crippen molar-refractivity contribution >= 4 is 22.5 Å². The molecule has 0 unspecified atom stereocenters. The summed E-state index contributed by atoms with van der Waals surface area (Å²) in [6, 6.07) is 26.2. The second-order valence-electron chi connectivity index (χ2n) is 6.39. The normalized spacial score (nSPS) is 10.9. The van der Waals surface area contributed by atoms with Gasteiger partial charge < -0.3 is 14.0 Å². The van der Waals surface area contributed by atoms with E-state index >= 15 is 0 Å². The number of halogens is 1. The van der Waals surface area contributed by atoms with E-state index in [1.165, 1.54) is 5.56 Å². The molecule has 4 aromatic rings. The smallest absolute Gasteiger partial charge is 0.194 e. The number of hydrogen-bond acceptors (Lipinski definition) is 2. The van der Waals surface area contributed by atoms with Gasteiger partial charge in [-0.05, 0) is 41.5 Å². The zero-order valence-corrected chi connectivity index (χ0v) is 15.8. The van der Waals surface area contributed by atoms with Gasteiger partial charge in [-0.1, -0.05) is 54.1 Å². The van der Waals surface area contributed by atoms with Crippen LogP contribution >= 0.6 is 11.6 Å². The fourth-order valence-corrected chi connectivity index (χ4v) is 3.28. The molecule has 0 amide bonds. The van der Waals surface area contributed by atoms with E-state index in [1.807, 2.05) is 54.6 Å². The first kappa shape index (κ1) is 17.5. The Morgan fingerprint density at radius 2 is 1.63 bits per heavy atom. The van der Waals surface area contributed by atoms with E-state index in [0.717, 1.165) is 33.1 Å². The van der Waals surface area contributed by atoms with Crippen LogP contribution in [-0.4, -0.2) is 11.7 Å². The monoisotopic (exact) mass is 377 g/mol. The van der Waals surface area contributed by atoms with Gasteiger partial charge in [0.1, 0.15) is 12.4 Å². The van der Waals surface area contributed by atoms with Crippen LogP contribution in [0.15, 0.2) is 78.9 Å². The molecular weight excluding hydrogens is 358 g/mol. The third kappa shape index (κ3) is 3.93. The van der Waals surface area contributed by atoms with E-state index in [-0.39, 0.29) is 0 Å². The van der Waals surface area contributed by atoms with Crippen molar-refractivity contribution in [1.82, 2.24) is 4.57 Å². The minimum atomic E-state index is 0.551. The van der Waals surface area contributed by atoms with Crippen molar-refractivity contribution in [2.75, 3.05) is 7.11 Å². The Hall–Kier alpha value is -2.91. The highest BCUT2D eigenvalue weighted by atomic mass is 35.5. The summed E-state index contributed by atoms with van der Waals surface area (Å²) >= 11 is 5.99. The average molecular weight is 378 g/mol. The van der Waals surface area contributed by atoms with Crippen LogP contribution in [0, 0.1) is 0 Å². The summed E-state index contributed by atoms with van der Waals surface area (Å²) in [5.41, 5.74) is 3.42. The van der Waals surface area contributed by atoms with Gasteiger partial charge in [0, 0.05) is 16.5 Å². The van der Waals surface area contributed by atoms with Crippen molar-refractivity contribution in [3.8, 4) is 11.6 Å². The average Bonchev–Trinajstić information content (AvgIpc) is 3.05. The number of fused-ring (bicyclic) bond motifs is 1. The van der Waals surface area contributed by atoms with Crippen molar-refractivity contribution in [3.63, 3.8) is 0 Å². The molecule has 4 rings (SSSR count). The first-order valence-electron chi connectivity index (χ1n) is 8.81. The molecule has 4 heteroatoms. The molecule has 136 valence electrons. The zero-order valence-electron chi connectivity index (χ0n) is 15.1. The van der Waals surface area contributed by atoms with E-state index in [1.54, 1.807) is 7.11 Å². The summed E-state index contributed by atoms with van der Waals surface area (Å²) in [6.45, 7) is 1.27. The second kappa shape index (κ2) is 7.77. The molecule has 1 heterocycles. The fourth-order valence-electron chi connectivity index (χ4n) is 3.16. The first-order chi connectivity index (χ1) is 13.2. The van der Waals surface area contributed by atoms with Crippen molar-refractivity contribution in [1.29, 1.82) is 0 Å². The summed E-state index contributed by atoms with van der Waals surface area (Å²) in [4.78, 5) is 0. The SMILES string of the molecule is COc1cc2cc(OCc3ccccc3)ccc2n1Cc1ccc(Cl)cc1. The standard InChI is InChI=1S/C23H20ClNO2/c1-26-23-14-19-13-21(27-16-18-5-3-2-4-6-18)11-12-22(19)25(23)15-17-7-9-20(24)10-8-17/h2-14H,15-16H2,1H3. The van der Waals surface area contributed by atoms with Crippen LogP contribution in [0.25, 0.3) is 10.9 Å². The molecule has 1 aromatic heterocycles. The van der Waals surface area contributed by atoms with Gasteiger partial charge in [0.05, 0.1) is 19.2 Å². The molecule has 0 aliphatic carbocycles. The maximum Gasteiger partial charge on any atom is 0.194 e. The van der Waals surface area contributed by atoms with Crippen LogP contribution in [0.2, 0.25) is 5.02 Å². The molecule has 27 heavy (non-hydrogen) atoms. The van der Waals surface area contributed by atoms with Gasteiger partial charge in [0.2, 0.25) is 0 Å². The maximum atomic E-state index is 5.99. The minimum Gasteiger partial charge on any atom is -0.489 e. The van der Waals surface area contributed by atoms with Gasteiger partial charge in [-0.2, -0.15) is 0 Å². The van der Waals surface area contributed by atoms with Crippen molar-refractivity contribution in [2.45, 2.75) is 13.2 Å². The topological polar surface area (TPSA) is 23.4 Å². The molecule has 0 saturated carbocycles. The lowest BCUT2D eigenvalue weighted by Crippen LogP contribution is -2.02. The summed E-state index contributed by atoms with van der Waals surface area (Å²) in [7, 11) is 1.69. The fraction of sp³-hybridized carbons (Fsp3) is 0.130. The molecular formula is C23H20ClNO2. The second-order valence-corrected chi connectivity index (χ2v) is 6.83. The van der Waals surface area contributed by atoms with Crippen molar-refractivity contribution in [3.05, 3.63) is 95.0 Å². The summed E-state index contributed by atoms with van der Waals surface area (Å²) in [6.07, 6.45) is 0. The molecule has 0 bridgehead atoms. The van der Waals surface area contributed by atoms with Crippen LogP contribution in [0.4, 0.5) is 0 Å². The molecule has 0 N–H and O–H groups in total. The molecule has 0 spiro atoms. The molecule has 0 aliphatic rings. The van der Waals surface area contributed by atoms with Crippen molar-refractivity contribution < 1.29 is 9.47 Å². The van der Waals surface area contributed by atoms with Gasteiger partial charge in [-0.25, -0.2) is 0 Å². The van der Waals surface area contributed by atoms with Gasteiger partial charge in [0.25, 0.3) is 0 Å². The Morgan fingerprint density at radius 3 is 2.37 bits per heavy atom. The third-order valence-corrected chi connectivity index (χ3v) is 4.80. The number of hydrogen-bond donors (Lipinski definition) is 0. The maximum absolute atomic E-state index is 5.99. The molecule has 0 aliphatic heterocycles.